The van der Waals surface area contributed by atoms with Gasteiger partial charge in [0.2, 0.25) is 5.55 Å². The van der Waals surface area contributed by atoms with Crippen molar-refractivity contribution >= 4 is 34.6 Å². The number of rotatable bonds is 4. The second-order valence-electron chi connectivity index (χ2n) is 5.23. The molecule has 1 aromatic heterocycles. The third-order valence-corrected chi connectivity index (χ3v) is 3.43. The Morgan fingerprint density at radius 1 is 1.08 bits per heavy atom. The van der Waals surface area contributed by atoms with Crippen molar-refractivity contribution in [3.8, 4) is 0 Å². The molecule has 0 saturated heterocycles. The summed E-state index contributed by atoms with van der Waals surface area (Å²) < 4.78 is 5.71. The molecule has 2 N–H and O–H groups in total. The number of hydrogen-bond donors (Lipinski definition) is 1. The first-order valence-corrected chi connectivity index (χ1v) is 7.39. The molecule has 3 rings (SSSR count). The Balaban J connectivity index is 2.15. The number of primary amides is 1. The number of para-hydroxylation sites is 1. The normalized spacial score (nSPS) is 11.9. The zero-order chi connectivity index (χ0) is 17.8. The molecule has 124 valence electrons. The van der Waals surface area contributed by atoms with E-state index in [1.54, 1.807) is 42.5 Å². The summed E-state index contributed by atoms with van der Waals surface area (Å²) in [5.41, 5.74) is 7.35. The zero-order valence-electron chi connectivity index (χ0n) is 13.0. The van der Waals surface area contributed by atoms with Gasteiger partial charge in [-0.05, 0) is 35.9 Å². The number of fused-ring (bicyclic) bond motifs is 1. The number of carboxylic acid groups (broad SMARTS) is 1. The van der Waals surface area contributed by atoms with Crippen molar-refractivity contribution in [2.75, 3.05) is 0 Å². The van der Waals surface area contributed by atoms with E-state index >= 15 is 0 Å². The maximum atomic E-state index is 11.7. The second-order valence-corrected chi connectivity index (χ2v) is 5.23. The molecular weight excluding hydrogens is 320 g/mol. The van der Waals surface area contributed by atoms with E-state index in [0.29, 0.717) is 16.8 Å². The summed E-state index contributed by atoms with van der Waals surface area (Å²) >= 11 is 0. The Kier molecular flexibility index (Phi) is 4.43. The summed E-state index contributed by atoms with van der Waals surface area (Å²) in [6.45, 7) is 0. The maximum absolute atomic E-state index is 11.7. The molecular formula is C19H13N2O4-. The summed E-state index contributed by atoms with van der Waals surface area (Å²) in [5.74, 6) is -1.94. The number of carbonyl (C=O) groups excluding carboxylic acids is 2. The molecule has 0 aliphatic heterocycles. The summed E-state index contributed by atoms with van der Waals surface area (Å²) in [7, 11) is 0. The predicted molar refractivity (Wildman–Crippen MR) is 90.4 cm³/mol. The van der Waals surface area contributed by atoms with E-state index in [4.69, 9.17) is 10.2 Å². The maximum Gasteiger partial charge on any atom is 0.254 e. The Morgan fingerprint density at radius 3 is 2.64 bits per heavy atom. The van der Waals surface area contributed by atoms with Gasteiger partial charge in [-0.15, -0.1) is 0 Å². The van der Waals surface area contributed by atoms with Crippen LogP contribution >= 0.6 is 0 Å². The molecule has 3 aromatic rings. The highest BCUT2D eigenvalue weighted by atomic mass is 16.4. The third kappa shape index (κ3) is 3.81. The molecule has 0 radical (unpaired) electrons. The molecule has 0 spiro atoms. The molecule has 0 unspecified atom stereocenters. The molecule has 0 atom stereocenters. The van der Waals surface area contributed by atoms with E-state index in [0.717, 1.165) is 11.5 Å². The average Bonchev–Trinajstić information content (AvgIpc) is 2.59. The van der Waals surface area contributed by atoms with Crippen LogP contribution in [0.1, 0.15) is 15.9 Å². The topological polar surface area (TPSA) is 109 Å². The van der Waals surface area contributed by atoms with Crippen LogP contribution in [-0.4, -0.2) is 11.9 Å². The number of benzene rings is 2. The standard InChI is InChI=1S/C19H14N2O4/c20-18(24)15-11-13-5-1-2-7-16(13)25-19(15)21-14-6-3-4-12(10-14)8-9-17(22)23/h1-11H,(H2,20,24)(H,22,23)/p-1. The molecule has 2 aromatic carbocycles. The van der Waals surface area contributed by atoms with Gasteiger partial charge in [0.1, 0.15) is 11.1 Å². The van der Waals surface area contributed by atoms with Crippen molar-refractivity contribution in [1.82, 2.24) is 0 Å². The fraction of sp³-hybridized carbons (Fsp3) is 0. The molecule has 25 heavy (non-hydrogen) atoms. The number of nitrogens with zero attached hydrogens (tertiary/aromatic N) is 1. The van der Waals surface area contributed by atoms with Gasteiger partial charge in [-0.3, -0.25) is 4.79 Å². The molecule has 6 nitrogen and oxygen atoms in total. The number of nitrogens with two attached hydrogens (primary N) is 1. The summed E-state index contributed by atoms with van der Waals surface area (Å²) in [4.78, 5) is 26.6. The van der Waals surface area contributed by atoms with Gasteiger partial charge in [0, 0.05) is 5.39 Å². The molecule has 1 heterocycles. The number of carbonyl (C=O) groups is 2. The van der Waals surface area contributed by atoms with E-state index in [-0.39, 0.29) is 11.1 Å². The van der Waals surface area contributed by atoms with Gasteiger partial charge in [0.05, 0.1) is 11.7 Å². The average molecular weight is 333 g/mol. The largest absolute Gasteiger partial charge is 0.545 e. The van der Waals surface area contributed by atoms with Crippen molar-refractivity contribution < 1.29 is 19.1 Å². The van der Waals surface area contributed by atoms with Crippen molar-refractivity contribution in [3.05, 3.63) is 77.4 Å². The van der Waals surface area contributed by atoms with Crippen molar-refractivity contribution in [2.45, 2.75) is 0 Å². The fourth-order valence-corrected chi connectivity index (χ4v) is 2.31. The smallest absolute Gasteiger partial charge is 0.254 e. The van der Waals surface area contributed by atoms with E-state index in [9.17, 15) is 14.7 Å². The van der Waals surface area contributed by atoms with Gasteiger partial charge in [-0.25, -0.2) is 4.99 Å². The third-order valence-electron chi connectivity index (χ3n) is 3.43. The van der Waals surface area contributed by atoms with Crippen LogP contribution in [0.15, 0.2) is 70.1 Å². The Morgan fingerprint density at radius 2 is 1.88 bits per heavy atom. The summed E-state index contributed by atoms with van der Waals surface area (Å²) in [6.07, 6.45) is 2.31. The lowest BCUT2D eigenvalue weighted by Crippen LogP contribution is -2.21. The van der Waals surface area contributed by atoms with E-state index in [1.807, 2.05) is 12.1 Å². The highest BCUT2D eigenvalue weighted by Crippen LogP contribution is 2.17. The highest BCUT2D eigenvalue weighted by Gasteiger charge is 2.09. The molecule has 0 fully saturated rings. The van der Waals surface area contributed by atoms with Crippen LogP contribution in [0.5, 0.6) is 0 Å². The first-order chi connectivity index (χ1) is 12.0. The van der Waals surface area contributed by atoms with E-state index in [1.165, 1.54) is 6.08 Å². The molecule has 0 aliphatic carbocycles. The van der Waals surface area contributed by atoms with Gasteiger partial charge in [-0.1, -0.05) is 36.4 Å². The lowest BCUT2D eigenvalue weighted by Gasteiger charge is -2.02. The van der Waals surface area contributed by atoms with Gasteiger partial charge >= 0.3 is 0 Å². The van der Waals surface area contributed by atoms with Crippen molar-refractivity contribution in [1.29, 1.82) is 0 Å². The van der Waals surface area contributed by atoms with Crippen LogP contribution in [0.25, 0.3) is 17.0 Å². The first kappa shape index (κ1) is 16.2. The van der Waals surface area contributed by atoms with Gasteiger partial charge in [0.25, 0.3) is 5.91 Å². The second kappa shape index (κ2) is 6.84. The monoisotopic (exact) mass is 333 g/mol. The fourth-order valence-electron chi connectivity index (χ4n) is 2.31. The van der Waals surface area contributed by atoms with Crippen LogP contribution < -0.4 is 16.4 Å². The first-order valence-electron chi connectivity index (χ1n) is 7.39. The zero-order valence-corrected chi connectivity index (χ0v) is 13.0. The summed E-state index contributed by atoms with van der Waals surface area (Å²) in [6, 6.07) is 15.6. The minimum Gasteiger partial charge on any atom is -0.545 e. The van der Waals surface area contributed by atoms with Crippen LogP contribution in [0.2, 0.25) is 0 Å². The Hall–Kier alpha value is -3.67. The van der Waals surface area contributed by atoms with Crippen LogP contribution in [-0.2, 0) is 4.79 Å². The van der Waals surface area contributed by atoms with E-state index in [2.05, 4.69) is 4.99 Å². The molecule has 1 amide bonds. The van der Waals surface area contributed by atoms with Crippen LogP contribution in [0, 0.1) is 0 Å². The molecule has 0 saturated carbocycles. The van der Waals surface area contributed by atoms with Crippen molar-refractivity contribution in [3.63, 3.8) is 0 Å². The molecule has 0 aliphatic rings. The molecule has 0 bridgehead atoms. The predicted octanol–water partition coefficient (Wildman–Crippen LogP) is 1.53. The van der Waals surface area contributed by atoms with E-state index < -0.39 is 11.9 Å². The van der Waals surface area contributed by atoms with Crippen LogP contribution in [0.4, 0.5) is 5.69 Å². The number of aliphatic carboxylic acids is 1. The lowest BCUT2D eigenvalue weighted by molar-refractivity contribution is -0.297. The number of carboxylic acids is 1. The van der Waals surface area contributed by atoms with Gasteiger partial charge in [-0.2, -0.15) is 0 Å². The minimum absolute atomic E-state index is 0.0900. The van der Waals surface area contributed by atoms with Crippen LogP contribution in [0.3, 0.4) is 0 Å². The van der Waals surface area contributed by atoms with Gasteiger partial charge in [0.15, 0.2) is 0 Å². The Labute approximate surface area is 142 Å². The van der Waals surface area contributed by atoms with Gasteiger partial charge < -0.3 is 20.1 Å². The molecule has 6 heteroatoms. The Bertz CT molecular complexity index is 1060. The number of hydrogen-bond acceptors (Lipinski definition) is 5. The lowest BCUT2D eigenvalue weighted by atomic mass is 10.1. The SMILES string of the molecule is NC(=O)c1cc2ccccc2oc1=Nc1cccc(C=CC(=O)[O-])c1. The van der Waals surface area contributed by atoms with Crippen molar-refractivity contribution in [2.24, 2.45) is 10.7 Å². The summed E-state index contributed by atoms with van der Waals surface area (Å²) in [5, 5.41) is 11.2. The number of amides is 1. The quantitative estimate of drug-likeness (QED) is 0.730. The highest BCUT2D eigenvalue weighted by molar-refractivity contribution is 5.95. The minimum atomic E-state index is -1.29.